The highest BCUT2D eigenvalue weighted by Crippen LogP contribution is 2.34. The SMILES string of the molecule is CCC(CC)NC(=O)C1CN(C(=O)c2ccc3c(c2)C(=O)N(C)C3=O)c2ccccc2O1. The Balaban J connectivity index is 1.65. The predicted molar refractivity (Wildman–Crippen MR) is 118 cm³/mol. The van der Waals surface area contributed by atoms with Crippen molar-refractivity contribution in [3.05, 3.63) is 59.2 Å². The third kappa shape index (κ3) is 3.62. The molecule has 1 atom stereocenters. The van der Waals surface area contributed by atoms with Gasteiger partial charge in [-0.05, 0) is 43.2 Å². The van der Waals surface area contributed by atoms with Crippen LogP contribution in [0.1, 0.15) is 57.8 Å². The highest BCUT2D eigenvalue weighted by atomic mass is 16.5. The second kappa shape index (κ2) is 8.45. The monoisotopic (exact) mass is 435 g/mol. The highest BCUT2D eigenvalue weighted by Gasteiger charge is 2.37. The summed E-state index contributed by atoms with van der Waals surface area (Å²) >= 11 is 0. The summed E-state index contributed by atoms with van der Waals surface area (Å²) in [5, 5.41) is 2.98. The molecule has 166 valence electrons. The molecule has 0 spiro atoms. The van der Waals surface area contributed by atoms with Crippen molar-refractivity contribution in [2.75, 3.05) is 18.5 Å². The maximum absolute atomic E-state index is 13.5. The molecule has 32 heavy (non-hydrogen) atoms. The molecule has 0 aromatic heterocycles. The van der Waals surface area contributed by atoms with E-state index in [0.29, 0.717) is 11.4 Å². The average molecular weight is 435 g/mol. The number of rotatable bonds is 5. The molecule has 0 bridgehead atoms. The van der Waals surface area contributed by atoms with Gasteiger partial charge in [0.1, 0.15) is 5.75 Å². The summed E-state index contributed by atoms with van der Waals surface area (Å²) in [4.78, 5) is 53.4. The Morgan fingerprint density at radius 2 is 1.75 bits per heavy atom. The Kier molecular flexibility index (Phi) is 5.69. The molecule has 0 saturated carbocycles. The zero-order valence-electron chi connectivity index (χ0n) is 18.3. The van der Waals surface area contributed by atoms with Gasteiger partial charge in [0.05, 0.1) is 23.4 Å². The summed E-state index contributed by atoms with van der Waals surface area (Å²) in [5.74, 6) is -1.05. The number of anilines is 1. The Hall–Kier alpha value is -3.68. The van der Waals surface area contributed by atoms with Gasteiger partial charge < -0.3 is 15.0 Å². The number of para-hydroxylation sites is 2. The highest BCUT2D eigenvalue weighted by molar-refractivity contribution is 6.22. The number of carbonyl (C=O) groups is 4. The third-order valence-electron chi connectivity index (χ3n) is 5.98. The summed E-state index contributed by atoms with van der Waals surface area (Å²) in [6.07, 6.45) is 0.730. The summed E-state index contributed by atoms with van der Waals surface area (Å²) in [6.45, 7) is 4.03. The molecular weight excluding hydrogens is 410 g/mol. The molecule has 2 aromatic rings. The second-order valence-electron chi connectivity index (χ2n) is 7.94. The molecule has 4 amide bonds. The predicted octanol–water partition coefficient (Wildman–Crippen LogP) is 2.63. The van der Waals surface area contributed by atoms with E-state index in [-0.39, 0.29) is 47.0 Å². The van der Waals surface area contributed by atoms with E-state index in [1.165, 1.54) is 30.1 Å². The van der Waals surface area contributed by atoms with E-state index in [1.54, 1.807) is 24.3 Å². The van der Waals surface area contributed by atoms with Gasteiger partial charge in [-0.25, -0.2) is 0 Å². The lowest BCUT2D eigenvalue weighted by Crippen LogP contribution is -2.52. The zero-order valence-corrected chi connectivity index (χ0v) is 18.3. The van der Waals surface area contributed by atoms with Crippen LogP contribution in [0.15, 0.2) is 42.5 Å². The molecule has 1 unspecified atom stereocenters. The smallest absolute Gasteiger partial charge is 0.263 e. The molecule has 2 heterocycles. The molecule has 4 rings (SSSR count). The van der Waals surface area contributed by atoms with Crippen molar-refractivity contribution >= 4 is 29.3 Å². The van der Waals surface area contributed by atoms with Crippen molar-refractivity contribution in [1.82, 2.24) is 10.2 Å². The van der Waals surface area contributed by atoms with Crippen molar-refractivity contribution in [2.45, 2.75) is 38.8 Å². The molecule has 8 heteroatoms. The molecule has 0 saturated heterocycles. The Labute approximate surface area is 186 Å². The van der Waals surface area contributed by atoms with Gasteiger partial charge in [0.15, 0.2) is 6.10 Å². The van der Waals surface area contributed by atoms with E-state index in [2.05, 4.69) is 5.32 Å². The molecule has 2 aromatic carbocycles. The molecular formula is C24H25N3O5. The number of nitrogens with zero attached hydrogens (tertiary/aromatic N) is 2. The number of hydrogen-bond donors (Lipinski definition) is 1. The van der Waals surface area contributed by atoms with Crippen molar-refractivity contribution < 1.29 is 23.9 Å². The van der Waals surface area contributed by atoms with Gasteiger partial charge >= 0.3 is 0 Å². The summed E-state index contributed by atoms with van der Waals surface area (Å²) in [5.41, 5.74) is 1.28. The normalized spacial score (nSPS) is 17.2. The molecule has 1 N–H and O–H groups in total. The van der Waals surface area contributed by atoms with Crippen LogP contribution < -0.4 is 15.0 Å². The Bertz CT molecular complexity index is 1110. The van der Waals surface area contributed by atoms with Crippen molar-refractivity contribution in [3.63, 3.8) is 0 Å². The summed E-state index contributed by atoms with van der Waals surface area (Å²) in [6, 6.07) is 11.5. The fraction of sp³-hybridized carbons (Fsp3) is 0.333. The van der Waals surface area contributed by atoms with Gasteiger partial charge in [0.2, 0.25) is 0 Å². The van der Waals surface area contributed by atoms with Crippen LogP contribution in [0, 0.1) is 0 Å². The minimum absolute atomic E-state index is 0.0321. The minimum Gasteiger partial charge on any atom is -0.477 e. The largest absolute Gasteiger partial charge is 0.477 e. The van der Waals surface area contributed by atoms with Gasteiger partial charge in [0, 0.05) is 18.7 Å². The van der Waals surface area contributed by atoms with Crippen molar-refractivity contribution in [2.24, 2.45) is 0 Å². The molecule has 2 aliphatic rings. The Morgan fingerprint density at radius 1 is 1.06 bits per heavy atom. The van der Waals surface area contributed by atoms with Crippen LogP contribution >= 0.6 is 0 Å². The van der Waals surface area contributed by atoms with Crippen molar-refractivity contribution in [3.8, 4) is 5.75 Å². The average Bonchev–Trinajstić information content (AvgIpc) is 3.04. The molecule has 0 radical (unpaired) electrons. The molecule has 2 aliphatic heterocycles. The van der Waals surface area contributed by atoms with Gasteiger partial charge in [-0.2, -0.15) is 0 Å². The van der Waals surface area contributed by atoms with Gasteiger partial charge in [-0.1, -0.05) is 26.0 Å². The fourth-order valence-corrected chi connectivity index (χ4v) is 4.00. The van der Waals surface area contributed by atoms with E-state index in [0.717, 1.165) is 17.7 Å². The summed E-state index contributed by atoms with van der Waals surface area (Å²) < 4.78 is 5.91. The number of imide groups is 1. The van der Waals surface area contributed by atoms with E-state index in [1.807, 2.05) is 13.8 Å². The van der Waals surface area contributed by atoms with Crippen LogP contribution in [0.5, 0.6) is 5.75 Å². The first-order chi connectivity index (χ1) is 15.3. The maximum Gasteiger partial charge on any atom is 0.263 e. The van der Waals surface area contributed by atoms with Crippen LogP contribution in [-0.2, 0) is 4.79 Å². The summed E-state index contributed by atoms with van der Waals surface area (Å²) in [7, 11) is 1.41. The lowest BCUT2D eigenvalue weighted by atomic mass is 10.0. The number of fused-ring (bicyclic) bond motifs is 2. The molecule has 8 nitrogen and oxygen atoms in total. The van der Waals surface area contributed by atoms with Crippen LogP contribution in [0.2, 0.25) is 0 Å². The molecule has 0 fully saturated rings. The van der Waals surface area contributed by atoms with Crippen LogP contribution in [0.3, 0.4) is 0 Å². The van der Waals surface area contributed by atoms with E-state index < -0.39 is 12.0 Å². The lowest BCUT2D eigenvalue weighted by Gasteiger charge is -2.34. The first-order valence-electron chi connectivity index (χ1n) is 10.7. The topological polar surface area (TPSA) is 96.0 Å². The molecule has 0 aliphatic carbocycles. The first-order valence-corrected chi connectivity index (χ1v) is 10.7. The van der Waals surface area contributed by atoms with Crippen LogP contribution in [0.25, 0.3) is 0 Å². The number of amides is 4. The van der Waals surface area contributed by atoms with Crippen LogP contribution in [0.4, 0.5) is 5.69 Å². The zero-order chi connectivity index (χ0) is 23.0. The quantitative estimate of drug-likeness (QED) is 0.729. The van der Waals surface area contributed by atoms with Gasteiger partial charge in [-0.3, -0.25) is 24.1 Å². The third-order valence-corrected chi connectivity index (χ3v) is 5.98. The second-order valence-corrected chi connectivity index (χ2v) is 7.94. The Morgan fingerprint density at radius 3 is 2.47 bits per heavy atom. The van der Waals surface area contributed by atoms with E-state index in [9.17, 15) is 19.2 Å². The van der Waals surface area contributed by atoms with Crippen molar-refractivity contribution in [1.29, 1.82) is 0 Å². The number of carbonyl (C=O) groups excluding carboxylic acids is 4. The van der Waals surface area contributed by atoms with Crippen LogP contribution in [-0.4, -0.2) is 54.3 Å². The number of benzene rings is 2. The number of nitrogens with one attached hydrogen (secondary N) is 1. The standard InChI is InChI=1S/C24H25N3O5/c1-4-15(5-2)25-21(28)20-13-27(18-8-6-7-9-19(18)32-20)22(29)14-10-11-16-17(12-14)24(31)26(3)23(16)30/h6-12,15,20H,4-5,13H2,1-3H3,(H,25,28). The van der Waals surface area contributed by atoms with Gasteiger partial charge in [0.25, 0.3) is 23.6 Å². The minimum atomic E-state index is -0.863. The first kappa shape index (κ1) is 21.5. The van der Waals surface area contributed by atoms with E-state index in [4.69, 9.17) is 4.74 Å². The van der Waals surface area contributed by atoms with Gasteiger partial charge in [-0.15, -0.1) is 0 Å². The van der Waals surface area contributed by atoms with E-state index >= 15 is 0 Å². The maximum atomic E-state index is 13.5. The number of ether oxygens (including phenoxy) is 1. The fourth-order valence-electron chi connectivity index (χ4n) is 4.00. The number of hydrogen-bond acceptors (Lipinski definition) is 5. The lowest BCUT2D eigenvalue weighted by molar-refractivity contribution is -0.128.